The Kier molecular flexibility index (Phi) is 3.76. The van der Waals surface area contributed by atoms with Crippen LogP contribution >= 0.6 is 0 Å². The van der Waals surface area contributed by atoms with Gasteiger partial charge in [-0.2, -0.15) is 0 Å². The van der Waals surface area contributed by atoms with Gasteiger partial charge in [0, 0.05) is 18.3 Å². The Morgan fingerprint density at radius 3 is 2.68 bits per heavy atom. The van der Waals surface area contributed by atoms with Gasteiger partial charge < -0.3 is 5.32 Å². The minimum atomic E-state index is -0.361. The standard InChI is InChI=1S/C14H17N3O2/c1-9(10(2)15-3)11-6-7-13(17(18)19)12-5-4-8-16-14(11)12/h4-10,15H,1-3H3. The van der Waals surface area contributed by atoms with Crippen molar-refractivity contribution in [2.24, 2.45) is 0 Å². The third-order valence-corrected chi connectivity index (χ3v) is 3.67. The van der Waals surface area contributed by atoms with Gasteiger partial charge in [-0.1, -0.05) is 6.92 Å². The van der Waals surface area contributed by atoms with E-state index in [0.717, 1.165) is 5.56 Å². The number of pyridine rings is 1. The van der Waals surface area contributed by atoms with Gasteiger partial charge in [-0.25, -0.2) is 0 Å². The fourth-order valence-electron chi connectivity index (χ4n) is 2.23. The first-order valence-electron chi connectivity index (χ1n) is 6.25. The first-order valence-corrected chi connectivity index (χ1v) is 6.25. The number of benzene rings is 1. The van der Waals surface area contributed by atoms with E-state index in [9.17, 15) is 10.1 Å². The van der Waals surface area contributed by atoms with Crippen LogP contribution in [0.25, 0.3) is 10.9 Å². The van der Waals surface area contributed by atoms with E-state index in [1.807, 2.05) is 13.1 Å². The number of fused-ring (bicyclic) bond motifs is 1. The van der Waals surface area contributed by atoms with Gasteiger partial charge >= 0.3 is 0 Å². The van der Waals surface area contributed by atoms with E-state index in [2.05, 4.69) is 24.1 Å². The Labute approximate surface area is 111 Å². The Morgan fingerprint density at radius 2 is 2.05 bits per heavy atom. The summed E-state index contributed by atoms with van der Waals surface area (Å²) in [6.45, 7) is 4.18. The molecule has 2 aromatic rings. The van der Waals surface area contributed by atoms with Crippen LogP contribution in [0.15, 0.2) is 30.5 Å². The fraction of sp³-hybridized carbons (Fsp3) is 0.357. The summed E-state index contributed by atoms with van der Waals surface area (Å²) in [5.41, 5.74) is 1.85. The van der Waals surface area contributed by atoms with Crippen LogP contribution in [0.1, 0.15) is 25.3 Å². The van der Waals surface area contributed by atoms with Crippen molar-refractivity contribution in [2.75, 3.05) is 7.05 Å². The summed E-state index contributed by atoms with van der Waals surface area (Å²) in [7, 11) is 1.90. The Bertz CT molecular complexity index is 613. The smallest absolute Gasteiger partial charge is 0.278 e. The van der Waals surface area contributed by atoms with Crippen molar-refractivity contribution in [2.45, 2.75) is 25.8 Å². The van der Waals surface area contributed by atoms with E-state index in [0.29, 0.717) is 10.9 Å². The number of nitrogens with zero attached hydrogens (tertiary/aromatic N) is 2. The first-order chi connectivity index (χ1) is 9.06. The molecular formula is C14H17N3O2. The van der Waals surface area contributed by atoms with Crippen molar-refractivity contribution in [3.63, 3.8) is 0 Å². The number of aromatic nitrogens is 1. The summed E-state index contributed by atoms with van der Waals surface area (Å²) in [5.74, 6) is 0.225. The van der Waals surface area contributed by atoms with E-state index >= 15 is 0 Å². The van der Waals surface area contributed by atoms with Crippen molar-refractivity contribution >= 4 is 16.6 Å². The maximum atomic E-state index is 11.1. The van der Waals surface area contributed by atoms with E-state index in [-0.39, 0.29) is 22.6 Å². The molecule has 1 aromatic carbocycles. The van der Waals surface area contributed by atoms with Crippen LogP contribution in [0.4, 0.5) is 5.69 Å². The predicted molar refractivity (Wildman–Crippen MR) is 75.3 cm³/mol. The average Bonchev–Trinajstić information content (AvgIpc) is 2.44. The molecule has 1 N–H and O–H groups in total. The average molecular weight is 259 g/mol. The van der Waals surface area contributed by atoms with Crippen molar-refractivity contribution < 1.29 is 4.92 Å². The fourth-order valence-corrected chi connectivity index (χ4v) is 2.23. The molecule has 19 heavy (non-hydrogen) atoms. The zero-order valence-electron chi connectivity index (χ0n) is 11.3. The van der Waals surface area contributed by atoms with Crippen LogP contribution in [-0.2, 0) is 0 Å². The number of nitrogens with one attached hydrogen (secondary N) is 1. The third kappa shape index (κ3) is 2.42. The van der Waals surface area contributed by atoms with Gasteiger partial charge in [-0.15, -0.1) is 0 Å². The lowest BCUT2D eigenvalue weighted by Crippen LogP contribution is -2.27. The van der Waals surface area contributed by atoms with E-state index in [4.69, 9.17) is 0 Å². The molecule has 0 radical (unpaired) electrons. The molecule has 2 rings (SSSR count). The van der Waals surface area contributed by atoms with Crippen LogP contribution < -0.4 is 5.32 Å². The highest BCUT2D eigenvalue weighted by Gasteiger charge is 2.20. The number of hydrogen-bond donors (Lipinski definition) is 1. The SMILES string of the molecule is CNC(C)C(C)c1ccc([N+](=O)[O-])c2cccnc12. The molecule has 0 saturated carbocycles. The highest BCUT2D eigenvalue weighted by molar-refractivity contribution is 5.90. The molecule has 0 saturated heterocycles. The van der Waals surface area contributed by atoms with E-state index < -0.39 is 0 Å². The number of nitro groups is 1. The van der Waals surface area contributed by atoms with Crippen LogP contribution in [0, 0.1) is 10.1 Å². The van der Waals surface area contributed by atoms with Crippen LogP contribution in [-0.4, -0.2) is 23.0 Å². The van der Waals surface area contributed by atoms with Crippen LogP contribution in [0.3, 0.4) is 0 Å². The molecule has 5 nitrogen and oxygen atoms in total. The maximum absolute atomic E-state index is 11.1. The molecule has 100 valence electrons. The summed E-state index contributed by atoms with van der Waals surface area (Å²) in [4.78, 5) is 15.0. The first kappa shape index (κ1) is 13.4. The Balaban J connectivity index is 2.65. The Morgan fingerprint density at radius 1 is 1.32 bits per heavy atom. The van der Waals surface area contributed by atoms with Crippen molar-refractivity contribution in [3.8, 4) is 0 Å². The summed E-state index contributed by atoms with van der Waals surface area (Å²) in [6, 6.07) is 7.13. The van der Waals surface area contributed by atoms with E-state index in [1.54, 1.807) is 24.4 Å². The van der Waals surface area contributed by atoms with Crippen molar-refractivity contribution in [1.82, 2.24) is 10.3 Å². The molecule has 0 spiro atoms. The lowest BCUT2D eigenvalue weighted by atomic mass is 9.92. The largest absolute Gasteiger partial charge is 0.317 e. The molecule has 0 aliphatic heterocycles. The number of nitro benzene ring substituents is 1. The maximum Gasteiger partial charge on any atom is 0.278 e. The monoisotopic (exact) mass is 259 g/mol. The molecule has 2 unspecified atom stereocenters. The van der Waals surface area contributed by atoms with Crippen LogP contribution in [0.2, 0.25) is 0 Å². The molecule has 0 aliphatic carbocycles. The highest BCUT2D eigenvalue weighted by atomic mass is 16.6. The molecule has 1 heterocycles. The predicted octanol–water partition coefficient (Wildman–Crippen LogP) is 2.85. The molecule has 0 amide bonds. The van der Waals surface area contributed by atoms with Gasteiger partial charge in [0.25, 0.3) is 5.69 Å². The van der Waals surface area contributed by atoms with Gasteiger partial charge in [-0.05, 0) is 43.7 Å². The van der Waals surface area contributed by atoms with Gasteiger partial charge in [0.15, 0.2) is 0 Å². The lowest BCUT2D eigenvalue weighted by molar-refractivity contribution is -0.383. The van der Waals surface area contributed by atoms with Gasteiger partial charge in [0.2, 0.25) is 0 Å². The topological polar surface area (TPSA) is 68.1 Å². The van der Waals surface area contributed by atoms with Crippen LogP contribution in [0.5, 0.6) is 0 Å². The number of non-ortho nitro benzene ring substituents is 1. The molecule has 0 aliphatic rings. The minimum absolute atomic E-state index is 0.108. The zero-order chi connectivity index (χ0) is 14.0. The minimum Gasteiger partial charge on any atom is -0.317 e. The van der Waals surface area contributed by atoms with Crippen molar-refractivity contribution in [1.29, 1.82) is 0 Å². The second-order valence-electron chi connectivity index (χ2n) is 4.70. The number of hydrogen-bond acceptors (Lipinski definition) is 4. The molecule has 0 bridgehead atoms. The summed E-state index contributed by atoms with van der Waals surface area (Å²) >= 11 is 0. The van der Waals surface area contributed by atoms with Crippen molar-refractivity contribution in [3.05, 3.63) is 46.1 Å². The normalized spacial score (nSPS) is 14.3. The second kappa shape index (κ2) is 5.32. The molecule has 2 atom stereocenters. The number of rotatable bonds is 4. The van der Waals surface area contributed by atoms with E-state index in [1.165, 1.54) is 0 Å². The molecule has 1 aromatic heterocycles. The highest BCUT2D eigenvalue weighted by Crippen LogP contribution is 2.31. The molecule has 0 fully saturated rings. The zero-order valence-corrected chi connectivity index (χ0v) is 11.3. The lowest BCUT2D eigenvalue weighted by Gasteiger charge is -2.20. The molecular weight excluding hydrogens is 242 g/mol. The van der Waals surface area contributed by atoms with Gasteiger partial charge in [-0.3, -0.25) is 15.1 Å². The Hall–Kier alpha value is -2.01. The quantitative estimate of drug-likeness (QED) is 0.677. The second-order valence-corrected chi connectivity index (χ2v) is 4.70. The summed E-state index contributed by atoms with van der Waals surface area (Å²) in [6.07, 6.45) is 1.67. The molecule has 5 heteroatoms. The van der Waals surface area contributed by atoms with Gasteiger partial charge in [0.05, 0.1) is 15.8 Å². The summed E-state index contributed by atoms with van der Waals surface area (Å²) in [5, 5.41) is 14.9. The third-order valence-electron chi connectivity index (χ3n) is 3.67. The number of likely N-dealkylation sites (N-methyl/N-ethyl adjacent to an activating group) is 1. The summed E-state index contributed by atoms with van der Waals surface area (Å²) < 4.78 is 0. The van der Waals surface area contributed by atoms with Gasteiger partial charge in [0.1, 0.15) is 0 Å².